The van der Waals surface area contributed by atoms with Gasteiger partial charge in [-0.05, 0) is 35.4 Å². The highest BCUT2D eigenvalue weighted by molar-refractivity contribution is 6.46. The minimum absolute atomic E-state index is 0.0934. The van der Waals surface area contributed by atoms with Crippen molar-refractivity contribution < 1.29 is 19.6 Å². The summed E-state index contributed by atoms with van der Waals surface area (Å²) >= 11 is 5.92. The van der Waals surface area contributed by atoms with E-state index in [9.17, 15) is 24.8 Å². The van der Waals surface area contributed by atoms with E-state index in [1.165, 1.54) is 35.2 Å². The molecule has 0 radical (unpaired) electrons. The first-order valence-corrected chi connectivity index (χ1v) is 10.1. The Kier molecular flexibility index (Phi) is 5.75. The molecule has 160 valence electrons. The first-order chi connectivity index (χ1) is 15.4. The summed E-state index contributed by atoms with van der Waals surface area (Å²) in [6, 6.07) is 20.0. The van der Waals surface area contributed by atoms with Gasteiger partial charge in [0, 0.05) is 29.3 Å². The zero-order chi connectivity index (χ0) is 22.8. The van der Waals surface area contributed by atoms with E-state index in [0.29, 0.717) is 16.1 Å². The van der Waals surface area contributed by atoms with Crippen molar-refractivity contribution in [3.63, 3.8) is 0 Å². The molecule has 4 rings (SSSR count). The smallest absolute Gasteiger partial charge is 0.295 e. The minimum atomic E-state index is -0.995. The van der Waals surface area contributed by atoms with Crippen molar-refractivity contribution in [2.75, 3.05) is 0 Å². The molecule has 0 aliphatic carbocycles. The maximum atomic E-state index is 13.0. The van der Waals surface area contributed by atoms with Crippen molar-refractivity contribution in [1.82, 2.24) is 4.90 Å². The van der Waals surface area contributed by atoms with E-state index >= 15 is 0 Å². The quantitative estimate of drug-likeness (QED) is 0.197. The third-order valence-electron chi connectivity index (χ3n) is 5.25. The Labute approximate surface area is 188 Å². The SMILES string of the molecule is O=C1C(=O)N(Cc2ccccc2)C(c2cccc([N+](=O)[O-])c2)/C1=C(\O)c1ccc(Cl)cc1. The summed E-state index contributed by atoms with van der Waals surface area (Å²) in [4.78, 5) is 38.1. The average Bonchev–Trinajstić information content (AvgIpc) is 3.05. The molecule has 0 aromatic heterocycles. The van der Waals surface area contributed by atoms with Crippen LogP contribution in [-0.2, 0) is 16.1 Å². The van der Waals surface area contributed by atoms with Crippen molar-refractivity contribution in [1.29, 1.82) is 0 Å². The van der Waals surface area contributed by atoms with Crippen LogP contribution >= 0.6 is 11.6 Å². The van der Waals surface area contributed by atoms with Gasteiger partial charge in [-0.15, -0.1) is 0 Å². The first-order valence-electron chi connectivity index (χ1n) is 9.69. The second-order valence-electron chi connectivity index (χ2n) is 7.27. The Morgan fingerprint density at radius 3 is 2.34 bits per heavy atom. The van der Waals surface area contributed by atoms with Crippen LogP contribution in [0.3, 0.4) is 0 Å². The molecule has 32 heavy (non-hydrogen) atoms. The van der Waals surface area contributed by atoms with Crippen molar-refractivity contribution in [3.05, 3.63) is 116 Å². The molecular formula is C24H17ClN2O5. The number of ketones is 1. The summed E-state index contributed by atoms with van der Waals surface area (Å²) in [6.07, 6.45) is 0. The fourth-order valence-electron chi connectivity index (χ4n) is 3.74. The van der Waals surface area contributed by atoms with E-state index in [1.54, 1.807) is 18.2 Å². The van der Waals surface area contributed by atoms with Gasteiger partial charge >= 0.3 is 0 Å². The third-order valence-corrected chi connectivity index (χ3v) is 5.50. The van der Waals surface area contributed by atoms with Gasteiger partial charge in [0.2, 0.25) is 0 Å². The van der Waals surface area contributed by atoms with Gasteiger partial charge in [-0.1, -0.05) is 54.1 Å². The molecule has 1 saturated heterocycles. The van der Waals surface area contributed by atoms with Gasteiger partial charge in [-0.3, -0.25) is 19.7 Å². The van der Waals surface area contributed by atoms with Crippen molar-refractivity contribution in [2.45, 2.75) is 12.6 Å². The summed E-state index contributed by atoms with van der Waals surface area (Å²) < 4.78 is 0. The predicted octanol–water partition coefficient (Wildman–Crippen LogP) is 4.87. The number of rotatable bonds is 5. The van der Waals surface area contributed by atoms with Gasteiger partial charge < -0.3 is 10.0 Å². The van der Waals surface area contributed by atoms with Gasteiger partial charge in [-0.2, -0.15) is 0 Å². The second kappa shape index (κ2) is 8.64. The maximum absolute atomic E-state index is 13.0. The Hall–Kier alpha value is -3.97. The number of carbonyl (C=O) groups is 2. The van der Waals surface area contributed by atoms with Gasteiger partial charge in [0.1, 0.15) is 5.76 Å². The number of nitro benzene ring substituents is 1. The lowest BCUT2D eigenvalue weighted by atomic mass is 9.95. The number of benzene rings is 3. The van der Waals surface area contributed by atoms with Gasteiger partial charge in [0.05, 0.1) is 16.5 Å². The van der Waals surface area contributed by atoms with Crippen LogP contribution in [0.2, 0.25) is 5.02 Å². The number of amides is 1. The van der Waals surface area contributed by atoms with Crippen LogP contribution in [0.4, 0.5) is 5.69 Å². The van der Waals surface area contributed by atoms with Crippen LogP contribution in [0.5, 0.6) is 0 Å². The zero-order valence-corrected chi connectivity index (χ0v) is 17.4. The Bertz CT molecular complexity index is 1240. The van der Waals surface area contributed by atoms with Crippen LogP contribution in [-0.4, -0.2) is 26.6 Å². The molecule has 1 unspecified atom stereocenters. The monoisotopic (exact) mass is 448 g/mol. The number of nitrogens with zero attached hydrogens (tertiary/aromatic N) is 2. The first kappa shape index (κ1) is 21.3. The van der Waals surface area contributed by atoms with Crippen molar-refractivity contribution >= 4 is 34.7 Å². The number of aliphatic hydroxyl groups excluding tert-OH is 1. The summed E-state index contributed by atoms with van der Waals surface area (Å²) in [7, 11) is 0. The molecule has 7 nitrogen and oxygen atoms in total. The number of carbonyl (C=O) groups excluding carboxylic acids is 2. The number of halogens is 1. The van der Waals surface area contributed by atoms with E-state index in [1.807, 2.05) is 30.3 Å². The van der Waals surface area contributed by atoms with Crippen LogP contribution < -0.4 is 0 Å². The lowest BCUT2D eigenvalue weighted by Crippen LogP contribution is -2.29. The van der Waals surface area contributed by atoms with Crippen LogP contribution in [0.15, 0.2) is 84.4 Å². The van der Waals surface area contributed by atoms with Crippen LogP contribution in [0, 0.1) is 10.1 Å². The van der Waals surface area contributed by atoms with Crippen molar-refractivity contribution in [3.8, 4) is 0 Å². The number of likely N-dealkylation sites (tertiary alicyclic amines) is 1. The largest absolute Gasteiger partial charge is 0.507 e. The number of hydrogen-bond donors (Lipinski definition) is 1. The summed E-state index contributed by atoms with van der Waals surface area (Å²) in [6.45, 7) is 0.0934. The molecule has 1 fully saturated rings. The molecule has 0 saturated carbocycles. The average molecular weight is 449 g/mol. The normalized spacial score (nSPS) is 17.5. The molecule has 1 N–H and O–H groups in total. The summed E-state index contributed by atoms with van der Waals surface area (Å²) in [5.74, 6) is -2.02. The highest BCUT2D eigenvalue weighted by Gasteiger charge is 2.46. The molecule has 1 heterocycles. The number of hydrogen-bond acceptors (Lipinski definition) is 5. The lowest BCUT2D eigenvalue weighted by molar-refractivity contribution is -0.384. The summed E-state index contributed by atoms with van der Waals surface area (Å²) in [5.41, 5.74) is 1.12. The second-order valence-corrected chi connectivity index (χ2v) is 7.71. The standard InChI is InChI=1S/C24H17ClN2O5/c25-18-11-9-16(10-12-18)22(28)20-21(17-7-4-8-19(13-17)27(31)32)26(24(30)23(20)29)14-15-5-2-1-3-6-15/h1-13,21,28H,14H2/b22-20+. The molecule has 1 aliphatic rings. The molecule has 8 heteroatoms. The Morgan fingerprint density at radius 1 is 1.00 bits per heavy atom. The van der Waals surface area contributed by atoms with Crippen LogP contribution in [0.25, 0.3) is 5.76 Å². The maximum Gasteiger partial charge on any atom is 0.295 e. The van der Waals surface area contributed by atoms with E-state index in [4.69, 9.17) is 11.6 Å². The molecule has 0 spiro atoms. The van der Waals surface area contributed by atoms with E-state index in [0.717, 1.165) is 5.56 Å². The minimum Gasteiger partial charge on any atom is -0.507 e. The van der Waals surface area contributed by atoms with Crippen molar-refractivity contribution in [2.24, 2.45) is 0 Å². The van der Waals surface area contributed by atoms with E-state index < -0.39 is 22.7 Å². The highest BCUT2D eigenvalue weighted by atomic mass is 35.5. The molecule has 1 amide bonds. The molecule has 1 aliphatic heterocycles. The molecule has 3 aromatic carbocycles. The van der Waals surface area contributed by atoms with Gasteiger partial charge in [0.15, 0.2) is 0 Å². The number of aliphatic hydroxyl groups is 1. The number of Topliss-reactive ketones (excluding diaryl/α,β-unsaturated/α-hetero) is 1. The van der Waals surface area contributed by atoms with E-state index in [2.05, 4.69) is 0 Å². The topological polar surface area (TPSA) is 101 Å². The fourth-order valence-corrected chi connectivity index (χ4v) is 3.87. The van der Waals surface area contributed by atoms with Gasteiger partial charge in [0.25, 0.3) is 17.4 Å². The predicted molar refractivity (Wildman–Crippen MR) is 119 cm³/mol. The Morgan fingerprint density at radius 2 is 1.69 bits per heavy atom. The molecular weight excluding hydrogens is 432 g/mol. The number of nitro groups is 1. The Balaban J connectivity index is 1.89. The fraction of sp³-hybridized carbons (Fsp3) is 0.0833. The zero-order valence-electron chi connectivity index (χ0n) is 16.6. The third kappa shape index (κ3) is 3.98. The lowest BCUT2D eigenvalue weighted by Gasteiger charge is -2.25. The van der Waals surface area contributed by atoms with E-state index in [-0.39, 0.29) is 23.6 Å². The van der Waals surface area contributed by atoms with Gasteiger partial charge in [-0.25, -0.2) is 0 Å². The summed E-state index contributed by atoms with van der Waals surface area (Å²) in [5, 5.41) is 22.8. The highest BCUT2D eigenvalue weighted by Crippen LogP contribution is 2.41. The van der Waals surface area contributed by atoms with Crippen LogP contribution in [0.1, 0.15) is 22.7 Å². The molecule has 3 aromatic rings. The molecule has 0 bridgehead atoms. The number of non-ortho nitro benzene ring substituents is 1. The molecule has 1 atom stereocenters.